The number of cyclic esters (lactones) is 1. The van der Waals surface area contributed by atoms with Crippen molar-refractivity contribution in [2.75, 3.05) is 19.8 Å². The standard InChI is InChI=1S/C29H40O9/c1-17-9-11-28-15-35-26(33)25(32)18(2)10-12-34-20(19(3)30)7-5-6-8-24(31)38-21-14-23(37-22(28)13-17)29(16-36-29)27(21,28)4/h5-8,13,18-23,25,30,32H,9-12,14-16H2,1-4H3/b7-5-,8-6-/t18?,19?,20-,21-,22?,23+,25?,27+,28?,29+/m1/s1. The van der Waals surface area contributed by atoms with Crippen LogP contribution in [-0.2, 0) is 33.3 Å². The summed E-state index contributed by atoms with van der Waals surface area (Å²) in [6.07, 6.45) is 6.89. The van der Waals surface area contributed by atoms with Crippen molar-refractivity contribution in [1.82, 2.24) is 0 Å². The normalized spacial score (nSPS) is 48.0. The maximum absolute atomic E-state index is 13.1. The van der Waals surface area contributed by atoms with Crippen LogP contribution >= 0.6 is 0 Å². The van der Waals surface area contributed by atoms with Gasteiger partial charge in [-0.15, -0.1) is 0 Å². The van der Waals surface area contributed by atoms with Crippen molar-refractivity contribution in [3.05, 3.63) is 36.0 Å². The van der Waals surface area contributed by atoms with E-state index >= 15 is 0 Å². The van der Waals surface area contributed by atoms with E-state index in [9.17, 15) is 19.8 Å². The maximum Gasteiger partial charge on any atom is 0.335 e. The topological polar surface area (TPSA) is 124 Å². The third-order valence-electron chi connectivity index (χ3n) is 9.73. The Balaban J connectivity index is 1.51. The van der Waals surface area contributed by atoms with E-state index in [1.165, 1.54) is 11.6 Å². The molecule has 3 aliphatic heterocycles. The van der Waals surface area contributed by atoms with Gasteiger partial charge < -0.3 is 33.9 Å². The van der Waals surface area contributed by atoms with Crippen LogP contribution in [0.15, 0.2) is 36.0 Å². The van der Waals surface area contributed by atoms with E-state index in [2.05, 4.69) is 19.9 Å². The number of aliphatic hydroxyl groups excluding tert-OH is 2. The van der Waals surface area contributed by atoms with Crippen LogP contribution in [0.5, 0.6) is 0 Å². The first-order valence-corrected chi connectivity index (χ1v) is 13.7. The van der Waals surface area contributed by atoms with Crippen LogP contribution in [0.3, 0.4) is 0 Å². The Kier molecular flexibility index (Phi) is 7.37. The molecule has 5 rings (SSSR count). The first-order valence-electron chi connectivity index (χ1n) is 13.7. The largest absolute Gasteiger partial charge is 0.463 e. The van der Waals surface area contributed by atoms with Gasteiger partial charge in [0.05, 0.1) is 30.3 Å². The zero-order chi connectivity index (χ0) is 27.3. The van der Waals surface area contributed by atoms with Gasteiger partial charge >= 0.3 is 11.9 Å². The van der Waals surface area contributed by atoms with E-state index in [4.69, 9.17) is 23.7 Å². The summed E-state index contributed by atoms with van der Waals surface area (Å²) in [5.41, 5.74) is -0.771. The van der Waals surface area contributed by atoms with E-state index in [0.717, 1.165) is 6.42 Å². The minimum absolute atomic E-state index is 0.0195. The first kappa shape index (κ1) is 27.5. The van der Waals surface area contributed by atoms with E-state index in [1.54, 1.807) is 32.1 Å². The zero-order valence-electron chi connectivity index (χ0n) is 22.6. The Hall–Kier alpha value is -2.04. The summed E-state index contributed by atoms with van der Waals surface area (Å²) in [7, 11) is 0. The number of epoxide rings is 1. The predicted octanol–water partition coefficient (Wildman–Crippen LogP) is 2.39. The highest BCUT2D eigenvalue weighted by atomic mass is 16.6. The molecule has 3 heterocycles. The second-order valence-electron chi connectivity index (χ2n) is 11.9. The highest BCUT2D eigenvalue weighted by Gasteiger charge is 2.83. The second kappa shape index (κ2) is 10.2. The molecule has 2 N–H and O–H groups in total. The van der Waals surface area contributed by atoms with Crippen LogP contribution in [0, 0.1) is 16.7 Å². The number of hydrogen-bond acceptors (Lipinski definition) is 9. The number of carbonyl (C=O) groups is 2. The molecule has 0 aromatic heterocycles. The minimum Gasteiger partial charge on any atom is -0.463 e. The van der Waals surface area contributed by atoms with Gasteiger partial charge in [0.15, 0.2) is 6.10 Å². The van der Waals surface area contributed by atoms with Gasteiger partial charge in [-0.2, -0.15) is 0 Å². The van der Waals surface area contributed by atoms with Gasteiger partial charge in [-0.3, -0.25) is 0 Å². The molecule has 3 fully saturated rings. The number of ether oxygens (including phenoxy) is 5. The van der Waals surface area contributed by atoms with Crippen LogP contribution in [0.1, 0.15) is 53.4 Å². The Labute approximate surface area is 223 Å². The molecule has 5 unspecified atom stereocenters. The molecule has 10 atom stereocenters. The molecular formula is C29H40O9. The molecule has 2 spiro atoms. The predicted molar refractivity (Wildman–Crippen MR) is 136 cm³/mol. The maximum atomic E-state index is 13.1. The van der Waals surface area contributed by atoms with Crippen molar-refractivity contribution in [2.45, 2.75) is 95.6 Å². The van der Waals surface area contributed by atoms with Gasteiger partial charge in [0, 0.05) is 24.5 Å². The van der Waals surface area contributed by atoms with Crippen LogP contribution < -0.4 is 0 Å². The van der Waals surface area contributed by atoms with Gasteiger partial charge in [-0.25, -0.2) is 9.59 Å². The zero-order valence-corrected chi connectivity index (χ0v) is 22.6. The van der Waals surface area contributed by atoms with Gasteiger partial charge in [0.1, 0.15) is 24.4 Å². The third kappa shape index (κ3) is 4.36. The molecule has 0 aromatic rings. The lowest BCUT2D eigenvalue weighted by Crippen LogP contribution is -2.66. The van der Waals surface area contributed by atoms with Crippen molar-refractivity contribution < 1.29 is 43.5 Å². The SMILES string of the molecule is CC1=CC2O[C@H]3C[C@H]4OC(=O)/C=C\C=C/[C@H](C(C)O)OCCC(C)C(O)C(=O)OCC2(CC1)[C@@]4(C)[C@]31CO1. The Bertz CT molecular complexity index is 1030. The number of rotatable bonds is 1. The van der Waals surface area contributed by atoms with Crippen LogP contribution in [0.2, 0.25) is 0 Å². The molecular weight excluding hydrogens is 492 g/mol. The lowest BCUT2D eigenvalue weighted by atomic mass is 9.51. The van der Waals surface area contributed by atoms with Crippen molar-refractivity contribution in [2.24, 2.45) is 16.7 Å². The van der Waals surface area contributed by atoms with Crippen molar-refractivity contribution in [3.8, 4) is 0 Å². The summed E-state index contributed by atoms with van der Waals surface area (Å²) >= 11 is 0. The van der Waals surface area contributed by atoms with Crippen molar-refractivity contribution in [3.63, 3.8) is 0 Å². The lowest BCUT2D eigenvalue weighted by molar-refractivity contribution is -0.234. The average molecular weight is 533 g/mol. The second-order valence-corrected chi connectivity index (χ2v) is 11.9. The summed E-state index contributed by atoms with van der Waals surface area (Å²) in [4.78, 5) is 26.0. The molecule has 5 aliphatic rings. The number of esters is 2. The van der Waals surface area contributed by atoms with E-state index in [0.29, 0.717) is 25.9 Å². The van der Waals surface area contributed by atoms with Crippen LogP contribution in [0.4, 0.5) is 0 Å². The fourth-order valence-corrected chi connectivity index (χ4v) is 7.04. The molecule has 0 amide bonds. The highest BCUT2D eigenvalue weighted by Crippen LogP contribution is 2.72. The molecule has 38 heavy (non-hydrogen) atoms. The number of hydrogen-bond donors (Lipinski definition) is 2. The average Bonchev–Trinajstić information content (AvgIpc) is 3.65. The Morgan fingerprint density at radius 2 is 1.92 bits per heavy atom. The number of allylic oxidation sites excluding steroid dienone is 3. The highest BCUT2D eigenvalue weighted by molar-refractivity contribution is 5.82. The molecule has 9 nitrogen and oxygen atoms in total. The third-order valence-corrected chi connectivity index (χ3v) is 9.73. The van der Waals surface area contributed by atoms with Crippen molar-refractivity contribution >= 4 is 11.9 Å². The molecule has 0 aromatic carbocycles. The quantitative estimate of drug-likeness (QED) is 0.298. The van der Waals surface area contributed by atoms with E-state index in [1.807, 2.05) is 0 Å². The molecule has 2 saturated heterocycles. The Morgan fingerprint density at radius 3 is 2.63 bits per heavy atom. The molecule has 2 aliphatic carbocycles. The summed E-state index contributed by atoms with van der Waals surface area (Å²) in [5, 5.41) is 20.8. The minimum atomic E-state index is -1.33. The van der Waals surface area contributed by atoms with Crippen LogP contribution in [0.25, 0.3) is 0 Å². The van der Waals surface area contributed by atoms with Gasteiger partial charge in [-0.1, -0.05) is 43.7 Å². The van der Waals surface area contributed by atoms with Gasteiger partial charge in [-0.05, 0) is 39.0 Å². The summed E-state index contributed by atoms with van der Waals surface area (Å²) in [6, 6.07) is 0. The van der Waals surface area contributed by atoms with E-state index in [-0.39, 0.29) is 25.4 Å². The molecule has 1 saturated carbocycles. The smallest absolute Gasteiger partial charge is 0.335 e. The number of aliphatic hydroxyl groups is 2. The molecule has 210 valence electrons. The summed E-state index contributed by atoms with van der Waals surface area (Å²) in [5.74, 6) is -1.60. The fraction of sp³-hybridized carbons (Fsp3) is 0.724. The molecule has 2 bridgehead atoms. The summed E-state index contributed by atoms with van der Waals surface area (Å²) in [6.45, 7) is 8.27. The van der Waals surface area contributed by atoms with Gasteiger partial charge in [0.2, 0.25) is 0 Å². The summed E-state index contributed by atoms with van der Waals surface area (Å²) < 4.78 is 30.4. The van der Waals surface area contributed by atoms with Gasteiger partial charge in [0.25, 0.3) is 0 Å². The van der Waals surface area contributed by atoms with Crippen molar-refractivity contribution in [1.29, 1.82) is 0 Å². The molecule has 9 heteroatoms. The number of carbonyl (C=O) groups excluding carboxylic acids is 2. The monoisotopic (exact) mass is 532 g/mol. The lowest BCUT2D eigenvalue weighted by Gasteiger charge is -2.58. The fourth-order valence-electron chi connectivity index (χ4n) is 7.04. The van der Waals surface area contributed by atoms with Crippen LogP contribution in [-0.4, -0.2) is 84.2 Å². The first-order chi connectivity index (χ1) is 18.0. The van der Waals surface area contributed by atoms with E-state index < -0.39 is 58.7 Å². The Morgan fingerprint density at radius 1 is 1.16 bits per heavy atom. The molecule has 0 radical (unpaired) electrons.